The van der Waals surface area contributed by atoms with Crippen LogP contribution in [-0.2, 0) is 14.3 Å². The Kier molecular flexibility index (Phi) is 9.15. The van der Waals surface area contributed by atoms with Gasteiger partial charge in [-0.1, -0.05) is 27.2 Å². The second kappa shape index (κ2) is 10.3. The van der Waals surface area contributed by atoms with E-state index in [4.69, 9.17) is 0 Å². The van der Waals surface area contributed by atoms with E-state index in [2.05, 4.69) is 25.5 Å². The number of rotatable bonds is 9. The molecule has 0 bridgehead atoms. The van der Waals surface area contributed by atoms with E-state index in [9.17, 15) is 9.59 Å². The fraction of sp³-hybridized carbons (Fsp3) is 0.889. The van der Waals surface area contributed by atoms with Crippen LogP contribution < -0.4 is 0 Å². The minimum absolute atomic E-state index is 0.0970. The summed E-state index contributed by atoms with van der Waals surface area (Å²) in [6, 6.07) is 0. The molecule has 0 aromatic carbocycles. The first-order chi connectivity index (χ1) is 10.5. The van der Waals surface area contributed by atoms with E-state index < -0.39 is 0 Å². The highest BCUT2D eigenvalue weighted by Crippen LogP contribution is 2.36. The van der Waals surface area contributed by atoms with E-state index in [1.807, 2.05) is 0 Å². The molecule has 4 heteroatoms. The van der Waals surface area contributed by atoms with Crippen LogP contribution in [0.3, 0.4) is 0 Å². The van der Waals surface area contributed by atoms with Gasteiger partial charge in [-0.2, -0.15) is 0 Å². The molecule has 1 saturated carbocycles. The Morgan fingerprint density at radius 2 is 1.77 bits per heavy atom. The summed E-state index contributed by atoms with van der Waals surface area (Å²) in [4.78, 5) is 23.8. The van der Waals surface area contributed by atoms with Crippen LogP contribution in [0.1, 0.15) is 59.3 Å². The summed E-state index contributed by atoms with van der Waals surface area (Å²) in [6.07, 6.45) is 6.65. The molecule has 1 fully saturated rings. The van der Waals surface area contributed by atoms with Crippen LogP contribution in [0.5, 0.6) is 0 Å². The molecule has 3 nitrogen and oxygen atoms in total. The molecule has 1 aliphatic rings. The minimum atomic E-state index is -0.207. The maximum absolute atomic E-state index is 12.7. The first-order valence-corrected chi connectivity index (χ1v) is 9.87. The van der Waals surface area contributed by atoms with Gasteiger partial charge in [0.2, 0.25) is 0 Å². The number of Topliss-reactive ketones (excluding diaryl/α,β-unsaturated/α-hetero) is 1. The summed E-state index contributed by atoms with van der Waals surface area (Å²) in [5.74, 6) is 3.26. The Bertz CT molecular complexity index is 348. The van der Waals surface area contributed by atoms with E-state index in [0.29, 0.717) is 11.5 Å². The molecule has 0 heterocycles. The summed E-state index contributed by atoms with van der Waals surface area (Å²) >= 11 is 1.52. The third-order valence-electron chi connectivity index (χ3n) is 5.28. The number of methoxy groups -OCH3 is 1. The standard InChI is InChI=1S/C18H32O3S/c1-5-13(3)15-7-9-16(10-8-15)18(20)14(6-2)11-22-12-17(19)21-4/h13-16H,5-12H2,1-4H3. The lowest BCUT2D eigenvalue weighted by molar-refractivity contribution is -0.137. The highest BCUT2D eigenvalue weighted by atomic mass is 32.2. The van der Waals surface area contributed by atoms with Crippen molar-refractivity contribution in [2.24, 2.45) is 23.7 Å². The summed E-state index contributed by atoms with van der Waals surface area (Å²) in [6.45, 7) is 6.67. The molecule has 0 spiro atoms. The molecule has 0 radical (unpaired) electrons. The van der Waals surface area contributed by atoms with Crippen LogP contribution in [0.25, 0.3) is 0 Å². The number of hydrogen-bond acceptors (Lipinski definition) is 4. The average Bonchev–Trinajstić information content (AvgIpc) is 2.57. The topological polar surface area (TPSA) is 43.4 Å². The number of ketones is 1. The molecule has 0 amide bonds. The van der Waals surface area contributed by atoms with Gasteiger partial charge in [-0.25, -0.2) is 0 Å². The fourth-order valence-corrected chi connectivity index (χ4v) is 4.47. The summed E-state index contributed by atoms with van der Waals surface area (Å²) in [5.41, 5.74) is 0. The van der Waals surface area contributed by atoms with Crippen molar-refractivity contribution in [2.75, 3.05) is 18.6 Å². The summed E-state index contributed by atoms with van der Waals surface area (Å²) in [7, 11) is 1.40. The van der Waals surface area contributed by atoms with Gasteiger partial charge in [-0.15, -0.1) is 11.8 Å². The molecular weight excluding hydrogens is 296 g/mol. The zero-order chi connectivity index (χ0) is 16.5. The predicted octanol–water partition coefficient (Wildman–Crippen LogP) is 4.34. The molecular formula is C18H32O3S. The molecule has 0 aromatic rings. The second-order valence-electron chi connectivity index (χ2n) is 6.60. The van der Waals surface area contributed by atoms with Crippen LogP contribution in [0.15, 0.2) is 0 Å². The number of esters is 1. The van der Waals surface area contributed by atoms with Gasteiger partial charge in [0.1, 0.15) is 5.78 Å². The molecule has 2 atom stereocenters. The van der Waals surface area contributed by atoms with Crippen molar-refractivity contribution in [3.63, 3.8) is 0 Å². The molecule has 1 aliphatic carbocycles. The molecule has 128 valence electrons. The number of thioether (sulfide) groups is 1. The molecule has 0 N–H and O–H groups in total. The Morgan fingerprint density at radius 3 is 2.27 bits per heavy atom. The minimum Gasteiger partial charge on any atom is -0.468 e. The van der Waals surface area contributed by atoms with Crippen LogP contribution >= 0.6 is 11.8 Å². The lowest BCUT2D eigenvalue weighted by Gasteiger charge is -2.32. The summed E-state index contributed by atoms with van der Waals surface area (Å²) in [5, 5.41) is 0. The van der Waals surface area contributed by atoms with Gasteiger partial charge in [0, 0.05) is 17.6 Å². The highest BCUT2D eigenvalue weighted by Gasteiger charge is 2.31. The molecule has 0 saturated heterocycles. The Morgan fingerprint density at radius 1 is 1.14 bits per heavy atom. The van der Waals surface area contributed by atoms with Gasteiger partial charge in [0.05, 0.1) is 12.9 Å². The third-order valence-corrected chi connectivity index (χ3v) is 6.36. The zero-order valence-corrected chi connectivity index (χ0v) is 15.4. The van der Waals surface area contributed by atoms with E-state index >= 15 is 0 Å². The third kappa shape index (κ3) is 5.94. The molecule has 0 aliphatic heterocycles. The quantitative estimate of drug-likeness (QED) is 0.591. The number of carbonyl (C=O) groups excluding carboxylic acids is 2. The Labute approximate surface area is 139 Å². The van der Waals surface area contributed by atoms with Gasteiger partial charge in [0.25, 0.3) is 0 Å². The van der Waals surface area contributed by atoms with Gasteiger partial charge >= 0.3 is 5.97 Å². The maximum Gasteiger partial charge on any atom is 0.315 e. The van der Waals surface area contributed by atoms with Crippen LogP contribution in [-0.4, -0.2) is 30.4 Å². The van der Waals surface area contributed by atoms with Crippen molar-refractivity contribution in [1.29, 1.82) is 0 Å². The lowest BCUT2D eigenvalue weighted by atomic mass is 9.73. The molecule has 22 heavy (non-hydrogen) atoms. The van der Waals surface area contributed by atoms with Crippen molar-refractivity contribution in [3.05, 3.63) is 0 Å². The van der Waals surface area contributed by atoms with Gasteiger partial charge in [-0.3, -0.25) is 9.59 Å². The maximum atomic E-state index is 12.7. The number of ether oxygens (including phenoxy) is 1. The van der Waals surface area contributed by atoms with Gasteiger partial charge in [-0.05, 0) is 43.9 Å². The van der Waals surface area contributed by atoms with E-state index in [1.165, 1.54) is 38.1 Å². The monoisotopic (exact) mass is 328 g/mol. The average molecular weight is 329 g/mol. The first-order valence-electron chi connectivity index (χ1n) is 8.71. The smallest absolute Gasteiger partial charge is 0.315 e. The van der Waals surface area contributed by atoms with Crippen molar-refractivity contribution < 1.29 is 14.3 Å². The van der Waals surface area contributed by atoms with E-state index in [0.717, 1.165) is 36.9 Å². The van der Waals surface area contributed by atoms with Crippen molar-refractivity contribution in [1.82, 2.24) is 0 Å². The summed E-state index contributed by atoms with van der Waals surface area (Å²) < 4.78 is 4.64. The van der Waals surface area contributed by atoms with Crippen molar-refractivity contribution in [3.8, 4) is 0 Å². The van der Waals surface area contributed by atoms with Crippen LogP contribution in [0, 0.1) is 23.7 Å². The Balaban J connectivity index is 2.40. The fourth-order valence-electron chi connectivity index (χ4n) is 3.38. The molecule has 1 rings (SSSR count). The highest BCUT2D eigenvalue weighted by molar-refractivity contribution is 7.99. The number of hydrogen-bond donors (Lipinski definition) is 0. The molecule has 2 unspecified atom stereocenters. The van der Waals surface area contributed by atoms with Crippen molar-refractivity contribution >= 4 is 23.5 Å². The predicted molar refractivity (Wildman–Crippen MR) is 93.0 cm³/mol. The normalized spacial score (nSPS) is 24.5. The SMILES string of the molecule is CCC(CSCC(=O)OC)C(=O)C1CCC(C(C)CC)CC1. The van der Waals surface area contributed by atoms with E-state index in [1.54, 1.807) is 0 Å². The lowest BCUT2D eigenvalue weighted by Crippen LogP contribution is -2.30. The zero-order valence-electron chi connectivity index (χ0n) is 14.6. The first kappa shape index (κ1) is 19.5. The Hall–Kier alpha value is -0.510. The van der Waals surface area contributed by atoms with E-state index in [-0.39, 0.29) is 17.8 Å². The van der Waals surface area contributed by atoms with Crippen LogP contribution in [0.2, 0.25) is 0 Å². The molecule has 0 aromatic heterocycles. The van der Waals surface area contributed by atoms with Gasteiger partial charge < -0.3 is 4.74 Å². The van der Waals surface area contributed by atoms with Crippen LogP contribution in [0.4, 0.5) is 0 Å². The largest absolute Gasteiger partial charge is 0.468 e. The van der Waals surface area contributed by atoms with Crippen molar-refractivity contribution in [2.45, 2.75) is 59.3 Å². The second-order valence-corrected chi connectivity index (χ2v) is 7.63. The number of carbonyl (C=O) groups is 2. The van der Waals surface area contributed by atoms with Gasteiger partial charge in [0.15, 0.2) is 0 Å².